The van der Waals surface area contributed by atoms with E-state index in [9.17, 15) is 9.59 Å². The number of aliphatic hydroxyl groups is 1. The fraction of sp³-hybridized carbons (Fsp3) is 0.667. The van der Waals surface area contributed by atoms with E-state index in [1.807, 2.05) is 0 Å². The molecule has 0 heterocycles. The van der Waals surface area contributed by atoms with E-state index in [1.165, 1.54) is 6.92 Å². The summed E-state index contributed by atoms with van der Waals surface area (Å²) in [5, 5.41) is 25.5. The van der Waals surface area contributed by atoms with Gasteiger partial charge in [-0.3, -0.25) is 4.79 Å². The topological polar surface area (TPSA) is 121 Å². The molecule has 3 atom stereocenters. The van der Waals surface area contributed by atoms with Gasteiger partial charge in [-0.25, -0.2) is 4.79 Å². The summed E-state index contributed by atoms with van der Waals surface area (Å²) in [6, 6.07) is -1.36. The zero-order valence-electron chi connectivity index (χ0n) is 6.47. The number of carboxylic acid groups (broad SMARTS) is 2. The van der Waals surface area contributed by atoms with Crippen LogP contribution in [0.4, 0.5) is 0 Å². The lowest BCUT2D eigenvalue weighted by Crippen LogP contribution is -2.44. The van der Waals surface area contributed by atoms with Crippen LogP contribution in [0, 0.1) is 5.92 Å². The van der Waals surface area contributed by atoms with Gasteiger partial charge in [0.15, 0.2) is 6.10 Å². The molecule has 0 bridgehead atoms. The lowest BCUT2D eigenvalue weighted by Gasteiger charge is -2.18. The molecule has 0 aromatic heterocycles. The summed E-state index contributed by atoms with van der Waals surface area (Å²) >= 11 is 0. The third kappa shape index (κ3) is 2.48. The van der Waals surface area contributed by atoms with Crippen LogP contribution in [0.2, 0.25) is 0 Å². The molecule has 0 aromatic rings. The molecule has 0 aliphatic rings. The number of hydrogen-bond acceptors (Lipinski definition) is 4. The second-order valence-electron chi connectivity index (χ2n) is 2.51. The number of nitrogens with two attached hydrogens (primary N) is 1. The van der Waals surface area contributed by atoms with Gasteiger partial charge in [-0.2, -0.15) is 0 Å². The Balaban J connectivity index is 4.28. The molecule has 0 unspecified atom stereocenters. The molecule has 0 radical (unpaired) electrons. The molecule has 6 nitrogen and oxygen atoms in total. The van der Waals surface area contributed by atoms with Gasteiger partial charge in [-0.15, -0.1) is 0 Å². The van der Waals surface area contributed by atoms with Crippen molar-refractivity contribution in [3.8, 4) is 0 Å². The molecule has 0 saturated heterocycles. The second kappa shape index (κ2) is 4.03. The van der Waals surface area contributed by atoms with E-state index >= 15 is 0 Å². The first-order valence-electron chi connectivity index (χ1n) is 3.27. The Hall–Kier alpha value is -1.14. The monoisotopic (exact) mass is 177 g/mol. The number of aliphatic carboxylic acids is 2. The Morgan fingerprint density at radius 3 is 1.92 bits per heavy atom. The smallest absolute Gasteiger partial charge is 0.332 e. The average Bonchev–Trinajstić information content (AvgIpc) is 2.00. The highest BCUT2D eigenvalue weighted by Crippen LogP contribution is 2.07. The molecule has 12 heavy (non-hydrogen) atoms. The highest BCUT2D eigenvalue weighted by atomic mass is 16.4. The Bertz CT molecular complexity index is 172. The first-order chi connectivity index (χ1) is 5.37. The minimum atomic E-state index is -1.74. The molecule has 0 saturated carbocycles. The maximum absolute atomic E-state index is 10.2. The Morgan fingerprint density at radius 2 is 1.67 bits per heavy atom. The fourth-order valence-corrected chi connectivity index (χ4v) is 0.646. The maximum atomic E-state index is 10.2. The van der Waals surface area contributed by atoms with Gasteiger partial charge in [0.25, 0.3) is 0 Å². The summed E-state index contributed by atoms with van der Waals surface area (Å²) in [7, 11) is 0. The van der Waals surface area contributed by atoms with Crippen molar-refractivity contribution in [1.82, 2.24) is 0 Å². The summed E-state index contributed by atoms with van der Waals surface area (Å²) < 4.78 is 0. The molecule has 0 aliphatic carbocycles. The first kappa shape index (κ1) is 10.9. The average molecular weight is 177 g/mol. The molecule has 0 rings (SSSR count). The Kier molecular flexibility index (Phi) is 3.65. The van der Waals surface area contributed by atoms with Crippen LogP contribution in [0.5, 0.6) is 0 Å². The summed E-state index contributed by atoms with van der Waals surface area (Å²) in [6.07, 6.45) is -1.74. The molecule has 70 valence electrons. The van der Waals surface area contributed by atoms with E-state index in [1.54, 1.807) is 0 Å². The van der Waals surface area contributed by atoms with Crippen LogP contribution in [0.15, 0.2) is 0 Å². The van der Waals surface area contributed by atoms with Crippen molar-refractivity contribution in [3.63, 3.8) is 0 Å². The van der Waals surface area contributed by atoms with Crippen LogP contribution in [0.25, 0.3) is 0 Å². The van der Waals surface area contributed by atoms with Gasteiger partial charge in [0, 0.05) is 5.92 Å². The van der Waals surface area contributed by atoms with E-state index in [-0.39, 0.29) is 0 Å². The lowest BCUT2D eigenvalue weighted by molar-refractivity contribution is -0.151. The van der Waals surface area contributed by atoms with Crippen LogP contribution in [0.3, 0.4) is 0 Å². The molecule has 0 amide bonds. The maximum Gasteiger partial charge on any atom is 0.332 e. The van der Waals surface area contributed by atoms with Gasteiger partial charge >= 0.3 is 11.9 Å². The quantitative estimate of drug-likeness (QED) is 0.414. The SMILES string of the molecule is C[C@@H]([C@H](N)C(=O)O)[C@@H](O)C(=O)O. The zero-order valence-corrected chi connectivity index (χ0v) is 6.47. The summed E-state index contributed by atoms with van der Waals surface area (Å²) in [5.74, 6) is -3.82. The number of aliphatic hydroxyl groups excluding tert-OH is 1. The Morgan fingerprint density at radius 1 is 1.25 bits per heavy atom. The van der Waals surface area contributed by atoms with Crippen molar-refractivity contribution in [2.75, 3.05) is 0 Å². The van der Waals surface area contributed by atoms with E-state index in [4.69, 9.17) is 21.1 Å². The number of carbonyl (C=O) groups is 2. The molecule has 5 N–H and O–H groups in total. The van der Waals surface area contributed by atoms with Crippen LogP contribution in [0.1, 0.15) is 6.92 Å². The van der Waals surface area contributed by atoms with Crippen LogP contribution < -0.4 is 5.73 Å². The van der Waals surface area contributed by atoms with Gasteiger partial charge < -0.3 is 21.1 Å². The van der Waals surface area contributed by atoms with Crippen molar-refractivity contribution in [2.45, 2.75) is 19.1 Å². The molecular formula is C6H11NO5. The van der Waals surface area contributed by atoms with Gasteiger partial charge in [0.05, 0.1) is 0 Å². The van der Waals surface area contributed by atoms with Crippen molar-refractivity contribution >= 4 is 11.9 Å². The lowest BCUT2D eigenvalue weighted by atomic mass is 9.97. The van der Waals surface area contributed by atoms with E-state index in [0.29, 0.717) is 0 Å². The largest absolute Gasteiger partial charge is 0.480 e. The minimum Gasteiger partial charge on any atom is -0.480 e. The normalized spacial score (nSPS) is 17.9. The minimum absolute atomic E-state index is 1.01. The predicted molar refractivity (Wildman–Crippen MR) is 38.4 cm³/mol. The summed E-state index contributed by atoms with van der Waals surface area (Å²) in [4.78, 5) is 20.4. The second-order valence-corrected chi connectivity index (χ2v) is 2.51. The van der Waals surface area contributed by atoms with Crippen molar-refractivity contribution < 1.29 is 24.9 Å². The highest BCUT2D eigenvalue weighted by molar-refractivity contribution is 5.77. The van der Waals surface area contributed by atoms with Gasteiger partial charge in [-0.1, -0.05) is 6.92 Å². The third-order valence-electron chi connectivity index (χ3n) is 1.60. The number of rotatable bonds is 4. The van der Waals surface area contributed by atoms with E-state index in [0.717, 1.165) is 0 Å². The number of hydrogen-bond donors (Lipinski definition) is 4. The molecule has 0 aromatic carbocycles. The number of carboxylic acids is 2. The van der Waals surface area contributed by atoms with Gasteiger partial charge in [-0.05, 0) is 0 Å². The third-order valence-corrected chi connectivity index (χ3v) is 1.60. The fourth-order valence-electron chi connectivity index (χ4n) is 0.646. The molecule has 6 heteroatoms. The molecule has 0 aliphatic heterocycles. The van der Waals surface area contributed by atoms with E-state index in [2.05, 4.69) is 0 Å². The standard InChI is InChI=1S/C6H11NO5/c1-2(3(7)5(9)10)4(8)6(11)12/h2-4,8H,7H2,1H3,(H,9,10)(H,11,12)/t2-,3-,4+/m0/s1. The van der Waals surface area contributed by atoms with E-state index < -0.39 is 30.0 Å². The molecular weight excluding hydrogens is 166 g/mol. The zero-order chi connectivity index (χ0) is 9.89. The van der Waals surface area contributed by atoms with Crippen LogP contribution in [-0.4, -0.2) is 39.4 Å². The van der Waals surface area contributed by atoms with Gasteiger partial charge in [0.1, 0.15) is 6.04 Å². The Labute approximate surface area is 68.6 Å². The molecule has 0 fully saturated rings. The van der Waals surface area contributed by atoms with Gasteiger partial charge in [0.2, 0.25) is 0 Å². The summed E-state index contributed by atoms with van der Waals surface area (Å²) in [6.45, 7) is 1.26. The first-order valence-corrected chi connectivity index (χ1v) is 3.27. The van der Waals surface area contributed by atoms with Crippen molar-refractivity contribution in [2.24, 2.45) is 11.7 Å². The van der Waals surface area contributed by atoms with Crippen molar-refractivity contribution in [3.05, 3.63) is 0 Å². The molecule has 0 spiro atoms. The highest BCUT2D eigenvalue weighted by Gasteiger charge is 2.30. The van der Waals surface area contributed by atoms with Crippen molar-refractivity contribution in [1.29, 1.82) is 0 Å². The predicted octanol–water partition coefficient (Wildman–Crippen LogP) is -1.52. The summed E-state index contributed by atoms with van der Waals surface area (Å²) in [5.41, 5.74) is 5.08. The van der Waals surface area contributed by atoms with Crippen LogP contribution >= 0.6 is 0 Å². The van der Waals surface area contributed by atoms with Crippen LogP contribution in [-0.2, 0) is 9.59 Å².